The average molecular weight is 225 g/mol. The number of rotatable bonds is 6. The predicted molar refractivity (Wildman–Crippen MR) is 60.8 cm³/mol. The van der Waals surface area contributed by atoms with Crippen molar-refractivity contribution >= 4 is 5.70 Å². The smallest absolute Gasteiger partial charge is 0.165 e. The molecule has 0 unspecified atom stereocenters. The minimum atomic E-state index is -0.454. The van der Waals surface area contributed by atoms with Crippen LogP contribution in [0.4, 0.5) is 4.39 Å². The number of hydrogen-bond donors (Lipinski definition) is 2. The van der Waals surface area contributed by atoms with Crippen LogP contribution in [0.2, 0.25) is 0 Å². The standard InChI is InChI=1S/C12H16FNO2/c1-3-4-7-16-12-6-5-10(8-11(12)13)9(2)14-15/h5-6,8,14-15H,2-4,7H2,1H3. The van der Waals surface area contributed by atoms with E-state index in [2.05, 4.69) is 6.58 Å². The molecule has 0 fully saturated rings. The van der Waals surface area contributed by atoms with Crippen molar-refractivity contribution in [2.24, 2.45) is 0 Å². The summed E-state index contributed by atoms with van der Waals surface area (Å²) < 4.78 is 18.8. The fourth-order valence-electron chi connectivity index (χ4n) is 1.20. The molecular formula is C12H16FNO2. The van der Waals surface area contributed by atoms with Crippen molar-refractivity contribution in [3.63, 3.8) is 0 Å². The van der Waals surface area contributed by atoms with Crippen molar-refractivity contribution in [3.05, 3.63) is 36.2 Å². The summed E-state index contributed by atoms with van der Waals surface area (Å²) in [4.78, 5) is 0. The van der Waals surface area contributed by atoms with Crippen LogP contribution < -0.4 is 10.2 Å². The lowest BCUT2D eigenvalue weighted by molar-refractivity contribution is 0.225. The molecule has 0 aromatic heterocycles. The molecule has 0 aliphatic carbocycles. The van der Waals surface area contributed by atoms with E-state index in [9.17, 15) is 4.39 Å². The van der Waals surface area contributed by atoms with Gasteiger partial charge in [0.05, 0.1) is 12.3 Å². The number of benzene rings is 1. The topological polar surface area (TPSA) is 41.5 Å². The van der Waals surface area contributed by atoms with E-state index in [0.29, 0.717) is 12.2 Å². The van der Waals surface area contributed by atoms with Crippen LogP contribution in [-0.2, 0) is 0 Å². The van der Waals surface area contributed by atoms with Crippen molar-refractivity contribution in [1.29, 1.82) is 0 Å². The van der Waals surface area contributed by atoms with Gasteiger partial charge in [-0.15, -0.1) is 0 Å². The molecule has 4 heteroatoms. The normalized spacial score (nSPS) is 9.94. The van der Waals surface area contributed by atoms with E-state index < -0.39 is 5.82 Å². The fraction of sp³-hybridized carbons (Fsp3) is 0.333. The monoisotopic (exact) mass is 225 g/mol. The summed E-state index contributed by atoms with van der Waals surface area (Å²) in [6, 6.07) is 4.44. The summed E-state index contributed by atoms with van der Waals surface area (Å²) >= 11 is 0. The Labute approximate surface area is 94.5 Å². The molecule has 1 aromatic carbocycles. The Balaban J connectivity index is 2.71. The van der Waals surface area contributed by atoms with E-state index in [1.807, 2.05) is 12.4 Å². The van der Waals surface area contributed by atoms with E-state index in [1.54, 1.807) is 6.07 Å². The number of ether oxygens (including phenoxy) is 1. The first kappa shape index (κ1) is 12.5. The Morgan fingerprint density at radius 2 is 2.31 bits per heavy atom. The van der Waals surface area contributed by atoms with Crippen molar-refractivity contribution in [2.45, 2.75) is 19.8 Å². The van der Waals surface area contributed by atoms with E-state index in [-0.39, 0.29) is 11.4 Å². The molecule has 0 radical (unpaired) electrons. The van der Waals surface area contributed by atoms with Crippen molar-refractivity contribution in [3.8, 4) is 5.75 Å². The van der Waals surface area contributed by atoms with Gasteiger partial charge in [-0.25, -0.2) is 4.39 Å². The van der Waals surface area contributed by atoms with Crippen LogP contribution in [0, 0.1) is 5.82 Å². The van der Waals surface area contributed by atoms with Gasteiger partial charge in [-0.2, -0.15) is 0 Å². The number of hydroxylamine groups is 1. The molecule has 2 N–H and O–H groups in total. The van der Waals surface area contributed by atoms with Crippen LogP contribution >= 0.6 is 0 Å². The third-order valence-electron chi connectivity index (χ3n) is 2.17. The molecular weight excluding hydrogens is 209 g/mol. The van der Waals surface area contributed by atoms with Crippen LogP contribution in [0.25, 0.3) is 5.70 Å². The number of halogens is 1. The molecule has 0 atom stereocenters. The molecule has 1 rings (SSSR count). The highest BCUT2D eigenvalue weighted by molar-refractivity contribution is 5.61. The van der Waals surface area contributed by atoms with Gasteiger partial charge in [-0.1, -0.05) is 19.9 Å². The number of nitrogens with one attached hydrogen (secondary N) is 1. The Morgan fingerprint density at radius 1 is 1.56 bits per heavy atom. The van der Waals surface area contributed by atoms with Gasteiger partial charge in [0.15, 0.2) is 11.6 Å². The van der Waals surface area contributed by atoms with Crippen LogP contribution in [0.3, 0.4) is 0 Å². The molecule has 3 nitrogen and oxygen atoms in total. The average Bonchev–Trinajstić information content (AvgIpc) is 2.30. The summed E-state index contributed by atoms with van der Waals surface area (Å²) in [5.74, 6) is -0.229. The zero-order valence-electron chi connectivity index (χ0n) is 9.29. The van der Waals surface area contributed by atoms with E-state index in [1.165, 1.54) is 12.1 Å². The lowest BCUT2D eigenvalue weighted by atomic mass is 10.1. The van der Waals surface area contributed by atoms with Crippen molar-refractivity contribution in [2.75, 3.05) is 6.61 Å². The largest absolute Gasteiger partial charge is 0.491 e. The summed E-state index contributed by atoms with van der Waals surface area (Å²) in [6.45, 7) is 6.07. The second-order valence-corrected chi connectivity index (χ2v) is 3.44. The maximum absolute atomic E-state index is 13.5. The second-order valence-electron chi connectivity index (χ2n) is 3.44. The summed E-state index contributed by atoms with van der Waals surface area (Å²) in [5, 5.41) is 8.62. The van der Waals surface area contributed by atoms with E-state index >= 15 is 0 Å². The number of unbranched alkanes of at least 4 members (excludes halogenated alkanes) is 1. The summed E-state index contributed by atoms with van der Waals surface area (Å²) in [6.07, 6.45) is 1.90. The Hall–Kier alpha value is -1.55. The van der Waals surface area contributed by atoms with Gasteiger partial charge >= 0.3 is 0 Å². The highest BCUT2D eigenvalue weighted by Gasteiger charge is 2.06. The molecule has 0 spiro atoms. The predicted octanol–water partition coefficient (Wildman–Crippen LogP) is 2.95. The Kier molecular flexibility index (Phi) is 4.79. The van der Waals surface area contributed by atoms with Gasteiger partial charge in [-0.05, 0) is 24.6 Å². The first-order chi connectivity index (χ1) is 7.69. The first-order valence-corrected chi connectivity index (χ1v) is 5.20. The van der Waals surface area contributed by atoms with Gasteiger partial charge in [0, 0.05) is 5.56 Å². The number of hydrogen-bond acceptors (Lipinski definition) is 3. The molecule has 1 aromatic rings. The molecule has 0 aliphatic heterocycles. The lowest BCUT2D eigenvalue weighted by Gasteiger charge is -2.09. The lowest BCUT2D eigenvalue weighted by Crippen LogP contribution is -2.05. The first-order valence-electron chi connectivity index (χ1n) is 5.20. The van der Waals surface area contributed by atoms with Gasteiger partial charge in [0.25, 0.3) is 0 Å². The van der Waals surface area contributed by atoms with Gasteiger partial charge in [0.2, 0.25) is 0 Å². The van der Waals surface area contributed by atoms with Gasteiger partial charge < -0.3 is 4.74 Å². The van der Waals surface area contributed by atoms with Gasteiger partial charge in [-0.3, -0.25) is 10.7 Å². The zero-order valence-corrected chi connectivity index (χ0v) is 9.29. The summed E-state index contributed by atoms with van der Waals surface area (Å²) in [5.41, 5.74) is 2.62. The molecule has 0 saturated carbocycles. The minimum Gasteiger partial charge on any atom is -0.491 e. The molecule has 0 bridgehead atoms. The van der Waals surface area contributed by atoms with Crippen LogP contribution in [0.15, 0.2) is 24.8 Å². The van der Waals surface area contributed by atoms with Crippen molar-refractivity contribution < 1.29 is 14.3 Å². The summed E-state index contributed by atoms with van der Waals surface area (Å²) in [7, 11) is 0. The van der Waals surface area contributed by atoms with Gasteiger partial charge in [0.1, 0.15) is 0 Å². The Morgan fingerprint density at radius 3 is 2.88 bits per heavy atom. The zero-order chi connectivity index (χ0) is 12.0. The molecule has 0 aliphatic rings. The third-order valence-corrected chi connectivity index (χ3v) is 2.17. The van der Waals surface area contributed by atoms with Crippen LogP contribution in [0.1, 0.15) is 25.3 Å². The fourth-order valence-corrected chi connectivity index (χ4v) is 1.20. The maximum atomic E-state index is 13.5. The molecule has 0 amide bonds. The SMILES string of the molecule is C=C(NO)c1ccc(OCCCC)c(F)c1. The quantitative estimate of drug-likeness (QED) is 0.577. The van der Waals surface area contributed by atoms with E-state index in [4.69, 9.17) is 9.94 Å². The Bertz CT molecular complexity index is 366. The van der Waals surface area contributed by atoms with Crippen LogP contribution in [-0.4, -0.2) is 11.8 Å². The highest BCUT2D eigenvalue weighted by Crippen LogP contribution is 2.21. The molecule has 16 heavy (non-hydrogen) atoms. The highest BCUT2D eigenvalue weighted by atomic mass is 19.1. The maximum Gasteiger partial charge on any atom is 0.165 e. The molecule has 88 valence electrons. The molecule has 0 heterocycles. The second kappa shape index (κ2) is 6.12. The minimum absolute atomic E-state index is 0.225. The molecule has 0 saturated heterocycles. The third kappa shape index (κ3) is 3.24. The van der Waals surface area contributed by atoms with Crippen LogP contribution in [0.5, 0.6) is 5.75 Å². The van der Waals surface area contributed by atoms with Crippen molar-refractivity contribution in [1.82, 2.24) is 5.48 Å². The van der Waals surface area contributed by atoms with E-state index in [0.717, 1.165) is 12.8 Å².